The fourth-order valence-corrected chi connectivity index (χ4v) is 3.26. The van der Waals surface area contributed by atoms with Gasteiger partial charge in [0.15, 0.2) is 5.16 Å². The van der Waals surface area contributed by atoms with E-state index < -0.39 is 5.97 Å². The zero-order chi connectivity index (χ0) is 13.6. The van der Waals surface area contributed by atoms with Crippen LogP contribution in [0.3, 0.4) is 0 Å². The molecule has 1 aromatic heterocycles. The molecule has 5 heteroatoms. The van der Waals surface area contributed by atoms with Gasteiger partial charge in [-0.15, -0.1) is 0 Å². The molecule has 1 N–H and O–H groups in total. The van der Waals surface area contributed by atoms with Gasteiger partial charge in [0.05, 0.1) is 16.8 Å². The molecule has 2 aromatic rings. The molecule has 0 saturated heterocycles. The molecule has 1 fully saturated rings. The van der Waals surface area contributed by atoms with E-state index in [1.54, 1.807) is 0 Å². The first kappa shape index (κ1) is 12.5. The summed E-state index contributed by atoms with van der Waals surface area (Å²) in [5.41, 5.74) is 3.42. The fourth-order valence-electron chi connectivity index (χ4n) is 2.40. The highest BCUT2D eigenvalue weighted by Crippen LogP contribution is 2.47. The van der Waals surface area contributed by atoms with Gasteiger partial charge in [0.25, 0.3) is 0 Å². The number of carbonyl (C=O) groups is 1. The minimum Gasteiger partial charge on any atom is -0.481 e. The summed E-state index contributed by atoms with van der Waals surface area (Å²) in [4.78, 5) is 15.4. The summed E-state index contributed by atoms with van der Waals surface area (Å²) in [6.45, 7) is 4.29. The van der Waals surface area contributed by atoms with Crippen molar-refractivity contribution in [3.63, 3.8) is 0 Å². The van der Waals surface area contributed by atoms with Crippen molar-refractivity contribution in [1.82, 2.24) is 9.55 Å². The van der Waals surface area contributed by atoms with Gasteiger partial charge in [-0.2, -0.15) is 0 Å². The van der Waals surface area contributed by atoms with Crippen LogP contribution in [0.1, 0.15) is 25.3 Å². The number of aliphatic carboxylic acids is 1. The van der Waals surface area contributed by atoms with Crippen molar-refractivity contribution < 1.29 is 9.90 Å². The highest BCUT2D eigenvalue weighted by Gasteiger charge is 2.42. The summed E-state index contributed by atoms with van der Waals surface area (Å²) in [7, 11) is 0. The number of carboxylic acid groups (broad SMARTS) is 1. The predicted molar refractivity (Wildman–Crippen MR) is 75.7 cm³/mol. The average molecular weight is 276 g/mol. The SMILES string of the molecule is Cc1cccc2nc(SCC(=O)O)n(C3(C)CC3)c12. The van der Waals surface area contributed by atoms with E-state index in [-0.39, 0.29) is 11.3 Å². The number of fused-ring (bicyclic) bond motifs is 1. The number of aromatic nitrogens is 2. The lowest BCUT2D eigenvalue weighted by molar-refractivity contribution is -0.133. The van der Waals surface area contributed by atoms with Crippen LogP contribution in [0.2, 0.25) is 0 Å². The average Bonchev–Trinajstić information content (AvgIpc) is 2.96. The maximum absolute atomic E-state index is 10.8. The van der Waals surface area contributed by atoms with Crippen molar-refractivity contribution in [3.05, 3.63) is 23.8 Å². The molecular formula is C14H16N2O2S. The Kier molecular flexibility index (Phi) is 2.82. The Morgan fingerprint density at radius 3 is 2.89 bits per heavy atom. The predicted octanol–water partition coefficient (Wildman–Crippen LogP) is 3.03. The van der Waals surface area contributed by atoms with Crippen LogP contribution in [-0.2, 0) is 10.3 Å². The zero-order valence-corrected chi connectivity index (χ0v) is 11.8. The van der Waals surface area contributed by atoms with Gasteiger partial charge in [-0.3, -0.25) is 4.79 Å². The Morgan fingerprint density at radius 2 is 2.26 bits per heavy atom. The number of carboxylic acids is 1. The number of nitrogens with zero attached hydrogens (tertiary/aromatic N) is 2. The lowest BCUT2D eigenvalue weighted by atomic mass is 10.2. The van der Waals surface area contributed by atoms with Crippen LogP contribution in [0.5, 0.6) is 0 Å². The van der Waals surface area contributed by atoms with Gasteiger partial charge in [-0.25, -0.2) is 4.98 Å². The van der Waals surface area contributed by atoms with Gasteiger partial charge in [0, 0.05) is 5.54 Å². The topological polar surface area (TPSA) is 55.1 Å². The lowest BCUT2D eigenvalue weighted by Crippen LogP contribution is -2.14. The second-order valence-corrected chi connectivity index (χ2v) is 6.29. The molecule has 0 bridgehead atoms. The van der Waals surface area contributed by atoms with Gasteiger partial charge in [0.2, 0.25) is 0 Å². The van der Waals surface area contributed by atoms with Crippen molar-refractivity contribution in [2.45, 2.75) is 37.4 Å². The molecule has 1 heterocycles. The van der Waals surface area contributed by atoms with E-state index in [2.05, 4.69) is 29.5 Å². The third-order valence-corrected chi connectivity index (χ3v) is 4.61. The van der Waals surface area contributed by atoms with Crippen molar-refractivity contribution in [2.24, 2.45) is 0 Å². The number of imidazole rings is 1. The first-order chi connectivity index (χ1) is 9.01. The highest BCUT2D eigenvalue weighted by molar-refractivity contribution is 7.99. The second kappa shape index (κ2) is 4.27. The normalized spacial score (nSPS) is 16.7. The summed E-state index contributed by atoms with van der Waals surface area (Å²) in [6.07, 6.45) is 2.26. The third-order valence-electron chi connectivity index (χ3n) is 3.69. The Hall–Kier alpha value is -1.49. The van der Waals surface area contributed by atoms with Crippen molar-refractivity contribution >= 4 is 28.8 Å². The van der Waals surface area contributed by atoms with E-state index in [1.807, 2.05) is 12.1 Å². The molecule has 1 saturated carbocycles. The summed E-state index contributed by atoms with van der Waals surface area (Å²) in [5, 5.41) is 9.68. The van der Waals surface area contributed by atoms with Crippen LogP contribution in [0.4, 0.5) is 0 Å². The maximum Gasteiger partial charge on any atom is 0.313 e. The number of aryl methyl sites for hydroxylation is 1. The Morgan fingerprint density at radius 1 is 1.53 bits per heavy atom. The maximum atomic E-state index is 10.8. The molecule has 100 valence electrons. The monoisotopic (exact) mass is 276 g/mol. The van der Waals surface area contributed by atoms with E-state index in [0.29, 0.717) is 0 Å². The minimum absolute atomic E-state index is 0.0540. The number of thioether (sulfide) groups is 1. The molecular weight excluding hydrogens is 260 g/mol. The van der Waals surface area contributed by atoms with Crippen LogP contribution in [0.25, 0.3) is 11.0 Å². The second-order valence-electron chi connectivity index (χ2n) is 5.35. The number of hydrogen-bond donors (Lipinski definition) is 1. The molecule has 0 spiro atoms. The third kappa shape index (κ3) is 2.12. The van der Waals surface area contributed by atoms with E-state index in [0.717, 1.165) is 29.0 Å². The van der Waals surface area contributed by atoms with E-state index in [1.165, 1.54) is 17.3 Å². The minimum atomic E-state index is -0.804. The largest absolute Gasteiger partial charge is 0.481 e. The standard InChI is InChI=1S/C14H16N2O2S/c1-9-4-3-5-10-12(9)16(14(2)6-7-14)13(15-10)19-8-11(17)18/h3-5H,6-8H2,1-2H3,(H,17,18). The first-order valence-electron chi connectivity index (χ1n) is 6.34. The molecule has 0 atom stereocenters. The van der Waals surface area contributed by atoms with Gasteiger partial charge in [0.1, 0.15) is 0 Å². The molecule has 19 heavy (non-hydrogen) atoms. The summed E-state index contributed by atoms with van der Waals surface area (Å²) >= 11 is 1.31. The Balaban J connectivity index is 2.15. The van der Waals surface area contributed by atoms with Crippen LogP contribution in [-0.4, -0.2) is 26.4 Å². The molecule has 1 aliphatic carbocycles. The Bertz CT molecular complexity index is 659. The van der Waals surface area contributed by atoms with Crippen molar-refractivity contribution in [2.75, 3.05) is 5.75 Å². The van der Waals surface area contributed by atoms with Gasteiger partial charge in [-0.1, -0.05) is 23.9 Å². The van der Waals surface area contributed by atoms with E-state index in [4.69, 9.17) is 5.11 Å². The molecule has 0 unspecified atom stereocenters. The molecule has 0 amide bonds. The van der Waals surface area contributed by atoms with Gasteiger partial charge in [-0.05, 0) is 38.3 Å². The zero-order valence-electron chi connectivity index (χ0n) is 11.0. The molecule has 3 rings (SSSR count). The summed E-state index contributed by atoms with van der Waals surface area (Å²) < 4.78 is 2.24. The van der Waals surface area contributed by atoms with E-state index >= 15 is 0 Å². The summed E-state index contributed by atoms with van der Waals surface area (Å²) in [5.74, 6) is -0.750. The molecule has 0 radical (unpaired) electrons. The molecule has 0 aliphatic heterocycles. The van der Waals surface area contributed by atoms with Gasteiger partial charge < -0.3 is 9.67 Å². The van der Waals surface area contributed by atoms with Crippen LogP contribution in [0, 0.1) is 6.92 Å². The van der Waals surface area contributed by atoms with Crippen LogP contribution >= 0.6 is 11.8 Å². The van der Waals surface area contributed by atoms with Gasteiger partial charge >= 0.3 is 5.97 Å². The van der Waals surface area contributed by atoms with Crippen LogP contribution in [0.15, 0.2) is 23.4 Å². The first-order valence-corrected chi connectivity index (χ1v) is 7.33. The smallest absolute Gasteiger partial charge is 0.313 e. The lowest BCUT2D eigenvalue weighted by Gasteiger charge is -2.16. The number of rotatable bonds is 4. The Labute approximate surface area is 115 Å². The van der Waals surface area contributed by atoms with Crippen molar-refractivity contribution in [1.29, 1.82) is 0 Å². The number of benzene rings is 1. The van der Waals surface area contributed by atoms with Crippen molar-refractivity contribution in [3.8, 4) is 0 Å². The molecule has 1 aliphatic rings. The molecule has 1 aromatic carbocycles. The highest BCUT2D eigenvalue weighted by atomic mass is 32.2. The quantitative estimate of drug-likeness (QED) is 0.872. The number of para-hydroxylation sites is 1. The van der Waals surface area contributed by atoms with E-state index in [9.17, 15) is 4.79 Å². The number of hydrogen-bond acceptors (Lipinski definition) is 3. The molecule has 4 nitrogen and oxygen atoms in total. The van der Waals surface area contributed by atoms with Crippen LogP contribution < -0.4 is 0 Å². The summed E-state index contributed by atoms with van der Waals surface area (Å²) in [6, 6.07) is 6.07. The fraction of sp³-hybridized carbons (Fsp3) is 0.429.